The fourth-order valence-electron chi connectivity index (χ4n) is 1.73. The van der Waals surface area contributed by atoms with E-state index in [1.807, 2.05) is 20.8 Å². The third kappa shape index (κ3) is 6.95. The van der Waals surface area contributed by atoms with E-state index in [0.29, 0.717) is 30.8 Å². The van der Waals surface area contributed by atoms with Crippen molar-refractivity contribution in [2.75, 3.05) is 13.1 Å². The van der Waals surface area contributed by atoms with Gasteiger partial charge in [-0.05, 0) is 24.6 Å². The monoisotopic (exact) mass is 320 g/mol. The Kier molecular flexibility index (Phi) is 6.75. The van der Waals surface area contributed by atoms with Crippen LogP contribution in [-0.2, 0) is 9.59 Å². The highest BCUT2D eigenvalue weighted by molar-refractivity contribution is 5.94. The van der Waals surface area contributed by atoms with Gasteiger partial charge in [-0.2, -0.15) is 0 Å². The predicted octanol–water partition coefficient (Wildman–Crippen LogP) is 1.89. The zero-order chi connectivity index (χ0) is 17.5. The normalized spacial score (nSPS) is 10.8. The van der Waals surface area contributed by atoms with Crippen molar-refractivity contribution in [3.63, 3.8) is 0 Å². The highest BCUT2D eigenvalue weighted by Crippen LogP contribution is 2.13. The Morgan fingerprint density at radius 2 is 1.74 bits per heavy atom. The molecule has 0 spiro atoms. The summed E-state index contributed by atoms with van der Waals surface area (Å²) in [6.07, 6.45) is 0.636. The summed E-state index contributed by atoms with van der Waals surface area (Å²) in [5.41, 5.74) is 0.00269. The van der Waals surface area contributed by atoms with E-state index in [0.717, 1.165) is 0 Å². The van der Waals surface area contributed by atoms with E-state index in [1.54, 1.807) is 18.2 Å². The molecule has 1 rings (SSSR count). The Morgan fingerprint density at radius 1 is 1.09 bits per heavy atom. The minimum absolute atomic E-state index is 0.0158. The molecule has 0 fully saturated rings. The maximum Gasteiger partial charge on any atom is 0.308 e. The minimum Gasteiger partial charge on any atom is -0.427 e. The summed E-state index contributed by atoms with van der Waals surface area (Å²) in [4.78, 5) is 34.6. The molecule has 2 N–H and O–H groups in total. The van der Waals surface area contributed by atoms with Gasteiger partial charge in [-0.3, -0.25) is 14.4 Å². The zero-order valence-electron chi connectivity index (χ0n) is 14.1. The standard InChI is InChI=1S/C17H24N2O4/c1-12(20)23-14-8-5-7-13(11-14)15(21)18-9-6-10-19-16(22)17(2,3)4/h5,7-8,11H,6,9-10H2,1-4H3,(H,18,21)(H,19,22). The van der Waals surface area contributed by atoms with Crippen LogP contribution in [0.4, 0.5) is 0 Å². The number of esters is 1. The highest BCUT2D eigenvalue weighted by Gasteiger charge is 2.20. The molecule has 1 aromatic carbocycles. The van der Waals surface area contributed by atoms with Crippen LogP contribution in [0, 0.1) is 5.41 Å². The van der Waals surface area contributed by atoms with Gasteiger partial charge in [-0.25, -0.2) is 0 Å². The van der Waals surface area contributed by atoms with E-state index in [-0.39, 0.29) is 11.8 Å². The first-order chi connectivity index (χ1) is 10.7. The van der Waals surface area contributed by atoms with Crippen molar-refractivity contribution in [2.24, 2.45) is 5.41 Å². The lowest BCUT2D eigenvalue weighted by atomic mass is 9.96. The number of benzene rings is 1. The van der Waals surface area contributed by atoms with Crippen LogP contribution in [0.1, 0.15) is 44.5 Å². The molecule has 23 heavy (non-hydrogen) atoms. The predicted molar refractivity (Wildman–Crippen MR) is 87.2 cm³/mol. The molecule has 0 saturated carbocycles. The molecule has 0 bridgehead atoms. The first kappa shape index (κ1) is 18.7. The van der Waals surface area contributed by atoms with Gasteiger partial charge < -0.3 is 15.4 Å². The molecule has 0 saturated heterocycles. The van der Waals surface area contributed by atoms with Crippen LogP contribution >= 0.6 is 0 Å². The molecular weight excluding hydrogens is 296 g/mol. The summed E-state index contributed by atoms with van der Waals surface area (Å²) in [6, 6.07) is 6.42. The molecule has 0 heterocycles. The van der Waals surface area contributed by atoms with E-state index in [1.165, 1.54) is 13.0 Å². The van der Waals surface area contributed by atoms with Crippen molar-refractivity contribution in [1.29, 1.82) is 0 Å². The van der Waals surface area contributed by atoms with Gasteiger partial charge in [0.25, 0.3) is 5.91 Å². The summed E-state index contributed by atoms with van der Waals surface area (Å²) < 4.78 is 4.94. The largest absolute Gasteiger partial charge is 0.427 e. The molecule has 2 amide bonds. The van der Waals surface area contributed by atoms with Gasteiger partial charge in [0.15, 0.2) is 0 Å². The number of amides is 2. The molecule has 0 unspecified atom stereocenters. The number of carbonyl (C=O) groups is 3. The molecule has 0 aliphatic rings. The average Bonchev–Trinajstić information content (AvgIpc) is 2.45. The minimum atomic E-state index is -0.433. The Morgan fingerprint density at radius 3 is 2.35 bits per heavy atom. The first-order valence-electron chi connectivity index (χ1n) is 7.55. The van der Waals surface area contributed by atoms with Crippen molar-refractivity contribution in [2.45, 2.75) is 34.1 Å². The Hall–Kier alpha value is -2.37. The van der Waals surface area contributed by atoms with Gasteiger partial charge in [-0.15, -0.1) is 0 Å². The van der Waals surface area contributed by atoms with Gasteiger partial charge in [0.05, 0.1) is 0 Å². The summed E-state index contributed by atoms with van der Waals surface area (Å²) >= 11 is 0. The van der Waals surface area contributed by atoms with Crippen LogP contribution in [0.3, 0.4) is 0 Å². The van der Waals surface area contributed by atoms with Crippen molar-refractivity contribution >= 4 is 17.8 Å². The van der Waals surface area contributed by atoms with Crippen LogP contribution in [0.5, 0.6) is 5.75 Å². The van der Waals surface area contributed by atoms with Crippen LogP contribution in [0.15, 0.2) is 24.3 Å². The fourth-order valence-corrected chi connectivity index (χ4v) is 1.73. The summed E-state index contributed by atoms with van der Waals surface area (Å²) in [5, 5.41) is 5.58. The topological polar surface area (TPSA) is 84.5 Å². The van der Waals surface area contributed by atoms with Crippen LogP contribution in [-0.4, -0.2) is 30.9 Å². The van der Waals surface area contributed by atoms with Gasteiger partial charge >= 0.3 is 5.97 Å². The van der Waals surface area contributed by atoms with Gasteiger partial charge in [0.1, 0.15) is 5.75 Å². The number of ether oxygens (including phenoxy) is 1. The Labute approximate surface area is 136 Å². The zero-order valence-corrected chi connectivity index (χ0v) is 14.1. The molecular formula is C17H24N2O4. The third-order valence-electron chi connectivity index (χ3n) is 2.96. The van der Waals surface area contributed by atoms with E-state index in [9.17, 15) is 14.4 Å². The van der Waals surface area contributed by atoms with E-state index in [2.05, 4.69) is 10.6 Å². The second-order valence-electron chi connectivity index (χ2n) is 6.24. The number of hydrogen-bond acceptors (Lipinski definition) is 4. The van der Waals surface area contributed by atoms with Crippen molar-refractivity contribution in [1.82, 2.24) is 10.6 Å². The molecule has 0 aromatic heterocycles. The van der Waals surface area contributed by atoms with Gasteiger partial charge in [0, 0.05) is 31.0 Å². The molecule has 0 atom stereocenters. The lowest BCUT2D eigenvalue weighted by Gasteiger charge is -2.17. The Bertz CT molecular complexity index is 576. The highest BCUT2D eigenvalue weighted by atomic mass is 16.5. The maximum absolute atomic E-state index is 12.0. The molecule has 6 heteroatoms. The average molecular weight is 320 g/mol. The first-order valence-corrected chi connectivity index (χ1v) is 7.55. The summed E-state index contributed by atoms with van der Waals surface area (Å²) in [5.74, 6) is -0.362. The van der Waals surface area contributed by atoms with Gasteiger partial charge in [0.2, 0.25) is 5.91 Å². The maximum atomic E-state index is 12.0. The van der Waals surface area contributed by atoms with Crippen LogP contribution in [0.2, 0.25) is 0 Å². The number of rotatable bonds is 6. The second kappa shape index (κ2) is 8.31. The number of hydrogen-bond donors (Lipinski definition) is 2. The fraction of sp³-hybridized carbons (Fsp3) is 0.471. The lowest BCUT2D eigenvalue weighted by Crippen LogP contribution is -2.36. The van der Waals surface area contributed by atoms with Crippen LogP contribution < -0.4 is 15.4 Å². The molecule has 6 nitrogen and oxygen atoms in total. The van der Waals surface area contributed by atoms with Crippen LogP contribution in [0.25, 0.3) is 0 Å². The van der Waals surface area contributed by atoms with Crippen molar-refractivity contribution in [3.05, 3.63) is 29.8 Å². The molecule has 0 aliphatic carbocycles. The molecule has 126 valence electrons. The van der Waals surface area contributed by atoms with E-state index < -0.39 is 11.4 Å². The SMILES string of the molecule is CC(=O)Oc1cccc(C(=O)NCCCNC(=O)C(C)(C)C)c1. The number of nitrogens with one attached hydrogen (secondary N) is 2. The Balaban J connectivity index is 2.37. The second-order valence-corrected chi connectivity index (χ2v) is 6.24. The quantitative estimate of drug-likeness (QED) is 0.476. The summed E-state index contributed by atoms with van der Waals surface area (Å²) in [7, 11) is 0. The lowest BCUT2D eigenvalue weighted by molar-refractivity contribution is -0.132. The van der Waals surface area contributed by atoms with E-state index in [4.69, 9.17) is 4.74 Å². The van der Waals surface area contributed by atoms with Crippen molar-refractivity contribution < 1.29 is 19.1 Å². The summed E-state index contributed by atoms with van der Waals surface area (Å²) in [6.45, 7) is 7.80. The number of carbonyl (C=O) groups excluding carboxylic acids is 3. The molecule has 0 radical (unpaired) electrons. The van der Waals surface area contributed by atoms with Gasteiger partial charge in [-0.1, -0.05) is 26.8 Å². The smallest absolute Gasteiger partial charge is 0.308 e. The third-order valence-corrected chi connectivity index (χ3v) is 2.96. The van der Waals surface area contributed by atoms with Crippen molar-refractivity contribution in [3.8, 4) is 5.75 Å². The van der Waals surface area contributed by atoms with E-state index >= 15 is 0 Å². The molecule has 0 aliphatic heterocycles. The molecule has 1 aromatic rings.